The number of likely N-dealkylation sites (tertiary alicyclic amines) is 1. The molecule has 0 radical (unpaired) electrons. The van der Waals surface area contributed by atoms with E-state index in [-0.39, 0.29) is 18.6 Å². The molecular formula is C20H32N4O2. The number of rotatable bonds is 8. The second-order valence-corrected chi connectivity index (χ2v) is 6.82. The van der Waals surface area contributed by atoms with Crippen LogP contribution in [-0.2, 0) is 22.7 Å². The van der Waals surface area contributed by atoms with Crippen molar-refractivity contribution in [3.63, 3.8) is 0 Å². The summed E-state index contributed by atoms with van der Waals surface area (Å²) in [5, 5.41) is 6.34. The van der Waals surface area contributed by atoms with Gasteiger partial charge in [-0.05, 0) is 44.7 Å². The third kappa shape index (κ3) is 7.04. The Labute approximate surface area is 157 Å². The predicted octanol–water partition coefficient (Wildman–Crippen LogP) is 2.29. The van der Waals surface area contributed by atoms with Crippen LogP contribution in [0.2, 0.25) is 0 Å². The molecule has 1 aromatic carbocycles. The predicted molar refractivity (Wildman–Crippen MR) is 105 cm³/mol. The van der Waals surface area contributed by atoms with E-state index < -0.39 is 0 Å². The Hall–Kier alpha value is -2.08. The third-order valence-corrected chi connectivity index (χ3v) is 4.20. The number of aliphatic imine (C=N–C) groups is 1. The van der Waals surface area contributed by atoms with E-state index in [1.54, 1.807) is 0 Å². The molecule has 1 heterocycles. The maximum Gasteiger partial charge on any atom is 0.241 e. The molecule has 2 N–H and O–H groups in total. The lowest BCUT2D eigenvalue weighted by Crippen LogP contribution is -2.44. The number of carbonyl (C=O) groups is 1. The molecule has 1 aliphatic heterocycles. The first-order valence-corrected chi connectivity index (χ1v) is 9.58. The first-order chi connectivity index (χ1) is 12.6. The van der Waals surface area contributed by atoms with E-state index >= 15 is 0 Å². The molecule has 0 aromatic heterocycles. The van der Waals surface area contributed by atoms with Gasteiger partial charge in [-0.15, -0.1) is 0 Å². The molecule has 0 aliphatic carbocycles. The SMILES string of the molecule is CCNC(=NCc1cccc(COC(C)C)c1)NCC(=O)N1CCCC1. The Morgan fingerprint density at radius 1 is 1.23 bits per heavy atom. The number of amides is 1. The number of nitrogens with zero attached hydrogens (tertiary/aromatic N) is 2. The molecule has 1 aliphatic rings. The zero-order valence-corrected chi connectivity index (χ0v) is 16.3. The van der Waals surface area contributed by atoms with Gasteiger partial charge in [-0.25, -0.2) is 4.99 Å². The maximum absolute atomic E-state index is 12.2. The largest absolute Gasteiger partial charge is 0.374 e. The van der Waals surface area contributed by atoms with E-state index in [4.69, 9.17) is 4.74 Å². The Balaban J connectivity index is 1.89. The molecule has 0 saturated carbocycles. The Morgan fingerprint density at radius 3 is 2.65 bits per heavy atom. The standard InChI is InChI=1S/C20H32N4O2/c1-4-21-20(23-14-19(25)24-10-5-6-11-24)22-13-17-8-7-9-18(12-17)15-26-16(2)3/h7-9,12,16H,4-6,10-11,13-15H2,1-3H3,(H2,21,22,23). The molecule has 144 valence electrons. The van der Waals surface area contributed by atoms with Crippen molar-refractivity contribution < 1.29 is 9.53 Å². The van der Waals surface area contributed by atoms with E-state index in [0.29, 0.717) is 19.1 Å². The summed E-state index contributed by atoms with van der Waals surface area (Å²) < 4.78 is 5.66. The Kier molecular flexibility index (Phi) is 8.41. The first-order valence-electron chi connectivity index (χ1n) is 9.58. The van der Waals surface area contributed by atoms with Crippen LogP contribution in [-0.4, -0.2) is 49.0 Å². The van der Waals surface area contributed by atoms with Crippen molar-refractivity contribution >= 4 is 11.9 Å². The van der Waals surface area contributed by atoms with E-state index in [0.717, 1.165) is 43.6 Å². The summed E-state index contributed by atoms with van der Waals surface area (Å²) in [6.45, 7) is 10.0. The van der Waals surface area contributed by atoms with Crippen molar-refractivity contribution in [2.24, 2.45) is 4.99 Å². The van der Waals surface area contributed by atoms with Gasteiger partial charge in [0.25, 0.3) is 0 Å². The average Bonchev–Trinajstić information content (AvgIpc) is 3.17. The number of guanidine groups is 1. The van der Waals surface area contributed by atoms with E-state index in [1.807, 2.05) is 31.7 Å². The van der Waals surface area contributed by atoms with Crippen LogP contribution in [0.1, 0.15) is 44.7 Å². The molecular weight excluding hydrogens is 328 g/mol. The minimum atomic E-state index is 0.140. The number of hydrogen-bond acceptors (Lipinski definition) is 3. The van der Waals surface area contributed by atoms with E-state index in [9.17, 15) is 4.79 Å². The normalized spacial score (nSPS) is 14.8. The molecule has 1 fully saturated rings. The molecule has 1 saturated heterocycles. The van der Waals surface area contributed by atoms with Crippen molar-refractivity contribution in [1.29, 1.82) is 0 Å². The number of carbonyl (C=O) groups excluding carboxylic acids is 1. The Bertz CT molecular complexity index is 595. The van der Waals surface area contributed by atoms with Gasteiger partial charge >= 0.3 is 0 Å². The van der Waals surface area contributed by atoms with Crippen LogP contribution in [0.4, 0.5) is 0 Å². The zero-order chi connectivity index (χ0) is 18.8. The highest BCUT2D eigenvalue weighted by atomic mass is 16.5. The monoisotopic (exact) mass is 360 g/mol. The van der Waals surface area contributed by atoms with Crippen molar-refractivity contribution in [2.45, 2.75) is 52.9 Å². The van der Waals surface area contributed by atoms with Crippen molar-refractivity contribution in [1.82, 2.24) is 15.5 Å². The smallest absolute Gasteiger partial charge is 0.241 e. The third-order valence-electron chi connectivity index (χ3n) is 4.20. The molecule has 0 spiro atoms. The summed E-state index contributed by atoms with van der Waals surface area (Å²) in [5.74, 6) is 0.810. The van der Waals surface area contributed by atoms with Crippen LogP contribution >= 0.6 is 0 Å². The van der Waals surface area contributed by atoms with Crippen LogP contribution in [0.3, 0.4) is 0 Å². The second-order valence-electron chi connectivity index (χ2n) is 6.82. The zero-order valence-electron chi connectivity index (χ0n) is 16.3. The molecule has 1 amide bonds. The highest BCUT2D eigenvalue weighted by Crippen LogP contribution is 2.09. The molecule has 1 aromatic rings. The van der Waals surface area contributed by atoms with Crippen LogP contribution in [0.25, 0.3) is 0 Å². The molecule has 26 heavy (non-hydrogen) atoms. The maximum atomic E-state index is 12.2. The lowest BCUT2D eigenvalue weighted by molar-refractivity contribution is -0.128. The highest BCUT2D eigenvalue weighted by molar-refractivity contribution is 5.86. The van der Waals surface area contributed by atoms with Gasteiger partial charge in [0.2, 0.25) is 5.91 Å². The Morgan fingerprint density at radius 2 is 1.96 bits per heavy atom. The van der Waals surface area contributed by atoms with Crippen molar-refractivity contribution in [3.8, 4) is 0 Å². The van der Waals surface area contributed by atoms with Crippen molar-refractivity contribution in [2.75, 3.05) is 26.2 Å². The van der Waals surface area contributed by atoms with E-state index in [1.165, 1.54) is 0 Å². The molecule has 0 unspecified atom stereocenters. The summed E-state index contributed by atoms with van der Waals surface area (Å²) >= 11 is 0. The van der Waals surface area contributed by atoms with Gasteiger partial charge < -0.3 is 20.3 Å². The number of ether oxygens (including phenoxy) is 1. The van der Waals surface area contributed by atoms with Gasteiger partial charge in [-0.1, -0.05) is 24.3 Å². The molecule has 0 bridgehead atoms. The van der Waals surface area contributed by atoms with Gasteiger partial charge in [0.15, 0.2) is 5.96 Å². The minimum absolute atomic E-state index is 0.140. The van der Waals surface area contributed by atoms with Crippen molar-refractivity contribution in [3.05, 3.63) is 35.4 Å². The first kappa shape index (κ1) is 20.2. The summed E-state index contributed by atoms with van der Waals surface area (Å²) in [6.07, 6.45) is 2.43. The fourth-order valence-electron chi connectivity index (χ4n) is 2.83. The quantitative estimate of drug-likeness (QED) is 0.551. The van der Waals surface area contributed by atoms with Gasteiger partial charge in [0.05, 0.1) is 25.8 Å². The van der Waals surface area contributed by atoms with Gasteiger partial charge in [-0.2, -0.15) is 0 Å². The van der Waals surface area contributed by atoms with Gasteiger partial charge in [-0.3, -0.25) is 4.79 Å². The van der Waals surface area contributed by atoms with E-state index in [2.05, 4.69) is 33.8 Å². The lowest BCUT2D eigenvalue weighted by Gasteiger charge is -2.17. The lowest BCUT2D eigenvalue weighted by atomic mass is 10.1. The molecule has 2 rings (SSSR count). The molecule has 6 heteroatoms. The summed E-state index contributed by atoms with van der Waals surface area (Å²) in [7, 11) is 0. The van der Waals surface area contributed by atoms with Crippen LogP contribution < -0.4 is 10.6 Å². The fourth-order valence-corrected chi connectivity index (χ4v) is 2.83. The second kappa shape index (κ2) is 10.8. The summed E-state index contributed by atoms with van der Waals surface area (Å²) in [4.78, 5) is 18.7. The number of hydrogen-bond donors (Lipinski definition) is 2. The fraction of sp³-hybridized carbons (Fsp3) is 0.600. The number of nitrogens with one attached hydrogen (secondary N) is 2. The molecule has 6 nitrogen and oxygen atoms in total. The minimum Gasteiger partial charge on any atom is -0.374 e. The van der Waals surface area contributed by atoms with Crippen LogP contribution in [0, 0.1) is 0 Å². The highest BCUT2D eigenvalue weighted by Gasteiger charge is 2.17. The summed E-state index contributed by atoms with van der Waals surface area (Å²) in [6, 6.07) is 8.26. The average molecular weight is 361 g/mol. The van der Waals surface area contributed by atoms with Crippen LogP contribution in [0.5, 0.6) is 0 Å². The molecule has 0 atom stereocenters. The van der Waals surface area contributed by atoms with Crippen LogP contribution in [0.15, 0.2) is 29.3 Å². The summed E-state index contributed by atoms with van der Waals surface area (Å²) in [5.41, 5.74) is 2.27. The topological polar surface area (TPSA) is 66.0 Å². The van der Waals surface area contributed by atoms with Gasteiger partial charge in [0.1, 0.15) is 0 Å². The number of benzene rings is 1. The van der Waals surface area contributed by atoms with Gasteiger partial charge in [0, 0.05) is 19.6 Å².